The van der Waals surface area contributed by atoms with Gasteiger partial charge in [-0.3, -0.25) is 4.68 Å². The number of hydrogen-bond acceptors (Lipinski definition) is 2. The summed E-state index contributed by atoms with van der Waals surface area (Å²) in [5, 5.41) is 6.01. The minimum Gasteiger partial charge on any atom is -0.378 e. The van der Waals surface area contributed by atoms with E-state index in [1.54, 1.807) is 30.0 Å². The fourth-order valence-corrected chi connectivity index (χ4v) is 2.49. The van der Waals surface area contributed by atoms with Crippen molar-refractivity contribution < 1.29 is 4.74 Å². The second-order valence-corrected chi connectivity index (χ2v) is 5.01. The summed E-state index contributed by atoms with van der Waals surface area (Å²) in [6.07, 6.45) is 0. The van der Waals surface area contributed by atoms with Crippen LogP contribution in [0.25, 0.3) is 11.3 Å². The molecular weight excluding hydrogens is 295 g/mol. The minimum absolute atomic E-state index is 0.396. The molecule has 0 saturated carbocycles. The van der Waals surface area contributed by atoms with Crippen LogP contribution in [0.3, 0.4) is 0 Å². The molecule has 0 fully saturated rings. The molecule has 2 aromatic rings. The van der Waals surface area contributed by atoms with Crippen LogP contribution in [-0.4, -0.2) is 16.9 Å². The van der Waals surface area contributed by atoms with Crippen molar-refractivity contribution in [3.63, 3.8) is 0 Å². The van der Waals surface area contributed by atoms with Gasteiger partial charge in [-0.1, -0.05) is 34.8 Å². The first-order chi connectivity index (χ1) is 8.54. The van der Waals surface area contributed by atoms with Gasteiger partial charge in [0.25, 0.3) is 0 Å². The Hall–Kier alpha value is -0.740. The maximum atomic E-state index is 6.30. The number of nitrogens with zero attached hydrogens (tertiary/aromatic N) is 2. The third-order valence-electron chi connectivity index (χ3n) is 2.57. The Morgan fingerprint density at radius 3 is 2.61 bits per heavy atom. The molecule has 1 heterocycles. The van der Waals surface area contributed by atoms with Crippen LogP contribution in [0.4, 0.5) is 0 Å². The van der Waals surface area contributed by atoms with Gasteiger partial charge in [0, 0.05) is 24.7 Å². The van der Waals surface area contributed by atoms with E-state index < -0.39 is 0 Å². The Labute approximate surface area is 120 Å². The maximum Gasteiger partial charge on any atom is 0.113 e. The molecule has 0 amide bonds. The van der Waals surface area contributed by atoms with Crippen molar-refractivity contribution in [1.29, 1.82) is 0 Å². The number of ether oxygens (including phenoxy) is 1. The molecule has 3 nitrogen and oxygen atoms in total. The van der Waals surface area contributed by atoms with Gasteiger partial charge in [-0.2, -0.15) is 5.10 Å². The second kappa shape index (κ2) is 5.49. The Morgan fingerprint density at radius 2 is 2.00 bits per heavy atom. The lowest BCUT2D eigenvalue weighted by molar-refractivity contribution is 0.178. The van der Waals surface area contributed by atoms with Crippen molar-refractivity contribution in [3.8, 4) is 11.3 Å². The predicted octanol–water partition coefficient (Wildman–Crippen LogP) is 4.19. The van der Waals surface area contributed by atoms with E-state index in [0.29, 0.717) is 27.4 Å². The summed E-state index contributed by atoms with van der Waals surface area (Å²) in [7, 11) is 3.42. The van der Waals surface area contributed by atoms with Crippen LogP contribution in [0.5, 0.6) is 0 Å². The van der Waals surface area contributed by atoms with Gasteiger partial charge in [-0.25, -0.2) is 0 Å². The van der Waals surface area contributed by atoms with Gasteiger partial charge in [-0.15, -0.1) is 0 Å². The van der Waals surface area contributed by atoms with E-state index >= 15 is 0 Å². The third-order valence-corrected chi connectivity index (χ3v) is 3.51. The lowest BCUT2D eigenvalue weighted by atomic mass is 10.1. The molecule has 96 valence electrons. The quantitative estimate of drug-likeness (QED) is 0.850. The van der Waals surface area contributed by atoms with E-state index in [1.165, 1.54) is 0 Å². The van der Waals surface area contributed by atoms with Crippen LogP contribution in [0.2, 0.25) is 15.1 Å². The van der Waals surface area contributed by atoms with Crippen LogP contribution in [-0.2, 0) is 18.4 Å². The highest BCUT2D eigenvalue weighted by Crippen LogP contribution is 2.35. The molecule has 0 saturated heterocycles. The minimum atomic E-state index is 0.396. The first-order valence-electron chi connectivity index (χ1n) is 5.20. The Balaban J connectivity index is 2.54. The topological polar surface area (TPSA) is 27.1 Å². The van der Waals surface area contributed by atoms with E-state index in [4.69, 9.17) is 39.5 Å². The molecule has 0 atom stereocenters. The molecule has 1 aromatic carbocycles. The van der Waals surface area contributed by atoms with Gasteiger partial charge in [0.15, 0.2) is 0 Å². The number of hydrogen-bond donors (Lipinski definition) is 0. The number of methoxy groups -OCH3 is 1. The van der Waals surface area contributed by atoms with Crippen LogP contribution in [0, 0.1) is 0 Å². The maximum absolute atomic E-state index is 6.30. The normalized spacial score (nSPS) is 10.9. The van der Waals surface area contributed by atoms with Crippen LogP contribution < -0.4 is 0 Å². The number of aryl methyl sites for hydroxylation is 1. The molecule has 0 aliphatic rings. The summed E-state index contributed by atoms with van der Waals surface area (Å²) < 4.78 is 6.78. The number of benzene rings is 1. The Morgan fingerprint density at radius 1 is 1.28 bits per heavy atom. The van der Waals surface area contributed by atoms with Gasteiger partial charge in [0.05, 0.1) is 22.3 Å². The van der Waals surface area contributed by atoms with E-state index in [-0.39, 0.29) is 0 Å². The average Bonchev–Trinajstić information content (AvgIpc) is 2.58. The highest BCUT2D eigenvalue weighted by Gasteiger charge is 2.17. The average molecular weight is 306 g/mol. The molecule has 0 aliphatic heterocycles. The molecule has 2 rings (SSSR count). The largest absolute Gasteiger partial charge is 0.378 e. The van der Waals surface area contributed by atoms with Crippen molar-refractivity contribution in [2.24, 2.45) is 7.05 Å². The van der Waals surface area contributed by atoms with Crippen molar-refractivity contribution in [1.82, 2.24) is 9.78 Å². The molecule has 0 aliphatic carbocycles. The smallest absolute Gasteiger partial charge is 0.113 e. The summed E-state index contributed by atoms with van der Waals surface area (Å²) in [5.74, 6) is 0. The van der Waals surface area contributed by atoms with E-state index in [1.807, 2.05) is 7.05 Å². The molecule has 1 aromatic heterocycles. The molecule has 0 bridgehead atoms. The molecule has 0 N–H and O–H groups in total. The summed E-state index contributed by atoms with van der Waals surface area (Å²) >= 11 is 18.3. The molecule has 6 heteroatoms. The van der Waals surface area contributed by atoms with Gasteiger partial charge < -0.3 is 4.74 Å². The monoisotopic (exact) mass is 304 g/mol. The zero-order chi connectivity index (χ0) is 13.3. The van der Waals surface area contributed by atoms with Gasteiger partial charge in [-0.05, 0) is 18.2 Å². The lowest BCUT2D eigenvalue weighted by Gasteiger charge is -2.02. The van der Waals surface area contributed by atoms with Crippen molar-refractivity contribution in [2.45, 2.75) is 6.61 Å². The molecule has 0 radical (unpaired) electrons. The highest BCUT2D eigenvalue weighted by molar-refractivity contribution is 6.38. The summed E-state index contributed by atoms with van der Waals surface area (Å²) in [4.78, 5) is 0. The Bertz CT molecular complexity index is 581. The number of halogens is 3. The first kappa shape index (κ1) is 13.7. The zero-order valence-corrected chi connectivity index (χ0v) is 12.1. The van der Waals surface area contributed by atoms with Crippen molar-refractivity contribution in [3.05, 3.63) is 39.0 Å². The standard InChI is InChI=1S/C12H11Cl3N2O/c1-17-10(6-18-2)11(15)12(16-17)8-4-3-7(13)5-9(8)14/h3-5H,6H2,1-2H3. The second-order valence-electron chi connectivity index (χ2n) is 3.79. The van der Waals surface area contributed by atoms with Crippen molar-refractivity contribution in [2.75, 3.05) is 7.11 Å². The SMILES string of the molecule is COCc1c(Cl)c(-c2ccc(Cl)cc2Cl)nn1C. The highest BCUT2D eigenvalue weighted by atomic mass is 35.5. The van der Waals surface area contributed by atoms with Gasteiger partial charge in [0.2, 0.25) is 0 Å². The number of rotatable bonds is 3. The van der Waals surface area contributed by atoms with E-state index in [9.17, 15) is 0 Å². The first-order valence-corrected chi connectivity index (χ1v) is 6.33. The molecular formula is C12H11Cl3N2O. The predicted molar refractivity (Wildman–Crippen MR) is 74.4 cm³/mol. The number of aromatic nitrogens is 2. The molecule has 0 spiro atoms. The zero-order valence-electron chi connectivity index (χ0n) is 9.88. The Kier molecular flexibility index (Phi) is 4.17. The van der Waals surface area contributed by atoms with Gasteiger partial charge >= 0.3 is 0 Å². The van der Waals surface area contributed by atoms with Crippen LogP contribution >= 0.6 is 34.8 Å². The van der Waals surface area contributed by atoms with Crippen molar-refractivity contribution >= 4 is 34.8 Å². The van der Waals surface area contributed by atoms with Gasteiger partial charge in [0.1, 0.15) is 5.69 Å². The van der Waals surface area contributed by atoms with E-state index in [2.05, 4.69) is 5.10 Å². The lowest BCUT2D eigenvalue weighted by Crippen LogP contribution is -1.99. The third kappa shape index (κ3) is 2.50. The molecule has 18 heavy (non-hydrogen) atoms. The van der Waals surface area contributed by atoms with E-state index in [0.717, 1.165) is 11.3 Å². The molecule has 0 unspecified atom stereocenters. The summed E-state index contributed by atoms with van der Waals surface area (Å²) in [6.45, 7) is 0.396. The fourth-order valence-electron chi connectivity index (χ4n) is 1.68. The van der Waals surface area contributed by atoms with Crippen LogP contribution in [0.1, 0.15) is 5.69 Å². The fraction of sp³-hybridized carbons (Fsp3) is 0.250. The van der Waals surface area contributed by atoms with Crippen LogP contribution in [0.15, 0.2) is 18.2 Å². The summed E-state index contributed by atoms with van der Waals surface area (Å²) in [6, 6.07) is 5.22. The summed E-state index contributed by atoms with van der Waals surface area (Å²) in [5.41, 5.74) is 2.19.